The second-order valence-corrected chi connectivity index (χ2v) is 5.44. The lowest BCUT2D eigenvalue weighted by atomic mass is 9.95. The zero-order valence-electron chi connectivity index (χ0n) is 12.6. The molecule has 0 unspecified atom stereocenters. The van der Waals surface area contributed by atoms with Crippen LogP contribution in [0.15, 0.2) is 18.2 Å². The molecular formula is C16H22N2O3. The van der Waals surface area contributed by atoms with Gasteiger partial charge in [0, 0.05) is 30.3 Å². The van der Waals surface area contributed by atoms with Crippen molar-refractivity contribution in [2.45, 2.75) is 45.1 Å². The Morgan fingerprint density at radius 1 is 1.14 bits per heavy atom. The van der Waals surface area contributed by atoms with E-state index in [1.807, 2.05) is 0 Å². The molecule has 0 radical (unpaired) electrons. The average molecular weight is 290 g/mol. The number of nitrogens with one attached hydrogen (secondary N) is 2. The van der Waals surface area contributed by atoms with Crippen LogP contribution in [0.1, 0.15) is 49.4 Å². The van der Waals surface area contributed by atoms with E-state index in [-0.39, 0.29) is 17.9 Å². The number of hydrogen-bond acceptors (Lipinski definition) is 3. The van der Waals surface area contributed by atoms with E-state index >= 15 is 0 Å². The highest BCUT2D eigenvalue weighted by Crippen LogP contribution is 2.22. The number of carbonyl (C=O) groups is 2. The van der Waals surface area contributed by atoms with Gasteiger partial charge in [-0.1, -0.05) is 19.3 Å². The minimum atomic E-state index is -0.179. The molecule has 114 valence electrons. The summed E-state index contributed by atoms with van der Waals surface area (Å²) < 4.78 is 5.19. The zero-order valence-corrected chi connectivity index (χ0v) is 12.6. The van der Waals surface area contributed by atoms with E-state index in [1.54, 1.807) is 18.2 Å². The summed E-state index contributed by atoms with van der Waals surface area (Å²) in [5.74, 6) is 0.254. The maximum Gasteiger partial charge on any atom is 0.251 e. The lowest BCUT2D eigenvalue weighted by molar-refractivity contribution is -0.114. The first-order valence-corrected chi connectivity index (χ1v) is 7.36. The van der Waals surface area contributed by atoms with Gasteiger partial charge in [0.1, 0.15) is 5.75 Å². The van der Waals surface area contributed by atoms with E-state index in [4.69, 9.17) is 4.74 Å². The van der Waals surface area contributed by atoms with Gasteiger partial charge in [-0.15, -0.1) is 0 Å². The summed E-state index contributed by atoms with van der Waals surface area (Å²) in [6.07, 6.45) is 5.65. The second-order valence-electron chi connectivity index (χ2n) is 5.44. The van der Waals surface area contributed by atoms with Crippen molar-refractivity contribution in [1.82, 2.24) is 5.32 Å². The molecule has 2 rings (SSSR count). The van der Waals surface area contributed by atoms with Crippen LogP contribution in [0.25, 0.3) is 0 Å². The van der Waals surface area contributed by atoms with Gasteiger partial charge >= 0.3 is 0 Å². The van der Waals surface area contributed by atoms with Crippen LogP contribution in [0, 0.1) is 0 Å². The predicted octanol–water partition coefficient (Wildman–Crippen LogP) is 2.72. The fourth-order valence-electron chi connectivity index (χ4n) is 2.64. The molecule has 0 aliphatic heterocycles. The van der Waals surface area contributed by atoms with Crippen molar-refractivity contribution in [3.05, 3.63) is 23.8 Å². The lowest BCUT2D eigenvalue weighted by Crippen LogP contribution is -2.36. The van der Waals surface area contributed by atoms with E-state index < -0.39 is 0 Å². The van der Waals surface area contributed by atoms with Crippen molar-refractivity contribution in [2.75, 3.05) is 12.4 Å². The fraction of sp³-hybridized carbons (Fsp3) is 0.500. The number of amides is 2. The second kappa shape index (κ2) is 7.11. The fourth-order valence-corrected chi connectivity index (χ4v) is 2.64. The molecule has 0 heterocycles. The standard InChI is InChI=1S/C16H22N2O3/c1-11(19)17-14-8-12(9-15(10-14)21-2)16(20)18-13-6-4-3-5-7-13/h8-10,13H,3-7H2,1-2H3,(H,17,19)(H,18,20). The number of benzene rings is 1. The molecule has 2 amide bonds. The minimum absolute atomic E-state index is 0.118. The summed E-state index contributed by atoms with van der Waals surface area (Å²) in [6, 6.07) is 5.30. The van der Waals surface area contributed by atoms with E-state index in [0.29, 0.717) is 17.0 Å². The Labute approximate surface area is 125 Å². The van der Waals surface area contributed by atoms with Crippen molar-refractivity contribution in [3.63, 3.8) is 0 Å². The molecule has 2 N–H and O–H groups in total. The van der Waals surface area contributed by atoms with Gasteiger partial charge in [0.05, 0.1) is 7.11 Å². The Hall–Kier alpha value is -2.04. The number of ether oxygens (including phenoxy) is 1. The Bertz CT molecular complexity index is 522. The van der Waals surface area contributed by atoms with Gasteiger partial charge in [0.15, 0.2) is 0 Å². The molecule has 5 heteroatoms. The molecule has 21 heavy (non-hydrogen) atoms. The molecular weight excluding hydrogens is 268 g/mol. The number of carbonyl (C=O) groups excluding carboxylic acids is 2. The third-order valence-corrected chi connectivity index (χ3v) is 3.67. The van der Waals surface area contributed by atoms with E-state index in [9.17, 15) is 9.59 Å². The van der Waals surface area contributed by atoms with Crippen molar-refractivity contribution in [1.29, 1.82) is 0 Å². The topological polar surface area (TPSA) is 67.4 Å². The van der Waals surface area contributed by atoms with Crippen LogP contribution < -0.4 is 15.4 Å². The average Bonchev–Trinajstić information content (AvgIpc) is 2.47. The molecule has 1 fully saturated rings. The smallest absolute Gasteiger partial charge is 0.251 e. The number of hydrogen-bond donors (Lipinski definition) is 2. The van der Waals surface area contributed by atoms with E-state index in [0.717, 1.165) is 12.8 Å². The first-order chi connectivity index (χ1) is 10.1. The van der Waals surface area contributed by atoms with Crippen LogP contribution in [0.3, 0.4) is 0 Å². The first-order valence-electron chi connectivity index (χ1n) is 7.36. The number of methoxy groups -OCH3 is 1. The highest BCUT2D eigenvalue weighted by molar-refractivity contribution is 5.97. The van der Waals surface area contributed by atoms with Crippen LogP contribution in [0.2, 0.25) is 0 Å². The lowest BCUT2D eigenvalue weighted by Gasteiger charge is -2.23. The van der Waals surface area contributed by atoms with Gasteiger partial charge in [0.2, 0.25) is 5.91 Å². The van der Waals surface area contributed by atoms with Crippen LogP contribution in [-0.2, 0) is 4.79 Å². The van der Waals surface area contributed by atoms with E-state index in [2.05, 4.69) is 10.6 Å². The van der Waals surface area contributed by atoms with Gasteiger partial charge in [0.25, 0.3) is 5.91 Å². The number of rotatable bonds is 4. The minimum Gasteiger partial charge on any atom is -0.497 e. The predicted molar refractivity (Wildman–Crippen MR) is 81.6 cm³/mol. The van der Waals surface area contributed by atoms with Gasteiger partial charge in [-0.2, -0.15) is 0 Å². The maximum atomic E-state index is 12.3. The molecule has 1 aliphatic carbocycles. The number of anilines is 1. The van der Waals surface area contributed by atoms with Gasteiger partial charge in [-0.3, -0.25) is 9.59 Å². The van der Waals surface area contributed by atoms with Crippen molar-refractivity contribution in [2.24, 2.45) is 0 Å². The summed E-state index contributed by atoms with van der Waals surface area (Å²) in [6.45, 7) is 1.43. The van der Waals surface area contributed by atoms with Crippen LogP contribution in [-0.4, -0.2) is 25.0 Å². The highest BCUT2D eigenvalue weighted by Gasteiger charge is 2.17. The quantitative estimate of drug-likeness (QED) is 0.896. The summed E-state index contributed by atoms with van der Waals surface area (Å²) in [7, 11) is 1.54. The zero-order chi connectivity index (χ0) is 15.2. The molecule has 0 atom stereocenters. The monoisotopic (exact) mass is 290 g/mol. The Kier molecular flexibility index (Phi) is 5.20. The summed E-state index contributed by atoms with van der Waals surface area (Å²) >= 11 is 0. The molecule has 5 nitrogen and oxygen atoms in total. The van der Waals surface area contributed by atoms with E-state index in [1.165, 1.54) is 33.3 Å². The molecule has 1 saturated carbocycles. The van der Waals surface area contributed by atoms with Crippen molar-refractivity contribution in [3.8, 4) is 5.75 Å². The highest BCUT2D eigenvalue weighted by atomic mass is 16.5. The molecule has 1 aliphatic rings. The van der Waals surface area contributed by atoms with Gasteiger partial charge < -0.3 is 15.4 Å². The van der Waals surface area contributed by atoms with Crippen LogP contribution in [0.5, 0.6) is 5.75 Å². The SMILES string of the molecule is COc1cc(NC(C)=O)cc(C(=O)NC2CCCCC2)c1. The molecule has 0 spiro atoms. The van der Waals surface area contributed by atoms with Crippen molar-refractivity contribution < 1.29 is 14.3 Å². The summed E-state index contributed by atoms with van der Waals surface area (Å²) in [4.78, 5) is 23.5. The van der Waals surface area contributed by atoms with Gasteiger partial charge in [-0.25, -0.2) is 0 Å². The molecule has 1 aromatic rings. The van der Waals surface area contributed by atoms with Crippen LogP contribution >= 0.6 is 0 Å². The van der Waals surface area contributed by atoms with Crippen molar-refractivity contribution >= 4 is 17.5 Å². The Balaban J connectivity index is 2.12. The molecule has 1 aromatic carbocycles. The Morgan fingerprint density at radius 2 is 1.86 bits per heavy atom. The third-order valence-electron chi connectivity index (χ3n) is 3.67. The largest absolute Gasteiger partial charge is 0.497 e. The first kappa shape index (κ1) is 15.4. The summed E-state index contributed by atoms with van der Waals surface area (Å²) in [5.41, 5.74) is 1.07. The van der Waals surface area contributed by atoms with Gasteiger partial charge in [-0.05, 0) is 25.0 Å². The molecule has 0 aromatic heterocycles. The Morgan fingerprint density at radius 3 is 2.48 bits per heavy atom. The maximum absolute atomic E-state index is 12.3. The third kappa shape index (κ3) is 4.48. The normalized spacial score (nSPS) is 15.3. The summed E-state index contributed by atoms with van der Waals surface area (Å²) in [5, 5.41) is 5.74. The molecule has 0 saturated heterocycles. The van der Waals surface area contributed by atoms with Crippen LogP contribution in [0.4, 0.5) is 5.69 Å². The molecule has 0 bridgehead atoms.